The van der Waals surface area contributed by atoms with Gasteiger partial charge in [0, 0.05) is 49.7 Å². The minimum atomic E-state index is -4.84. The van der Waals surface area contributed by atoms with Crippen LogP contribution < -0.4 is 5.32 Å². The number of piperidine rings is 1. The van der Waals surface area contributed by atoms with Gasteiger partial charge in [-0.15, -0.1) is 0 Å². The molecule has 3 rings (SSSR count). The van der Waals surface area contributed by atoms with Crippen LogP contribution in [0.4, 0.5) is 28.0 Å². The topological polar surface area (TPSA) is 97.2 Å². The number of hydrogen-bond acceptors (Lipinski definition) is 5. The summed E-state index contributed by atoms with van der Waals surface area (Å²) >= 11 is 0. The number of nitrogens with zero attached hydrogens (tertiary/aromatic N) is 4. The molecule has 1 fully saturated rings. The predicted octanol–water partition coefficient (Wildman–Crippen LogP) is 3.16. The minimum absolute atomic E-state index is 0.0488. The van der Waals surface area contributed by atoms with Gasteiger partial charge in [-0.2, -0.15) is 18.3 Å². The summed E-state index contributed by atoms with van der Waals surface area (Å²) < 4.78 is 79.0. The molecule has 2 amide bonds. The lowest BCUT2D eigenvalue weighted by Gasteiger charge is -2.33. The van der Waals surface area contributed by atoms with E-state index in [1.807, 2.05) is 0 Å². The Labute approximate surface area is 176 Å². The van der Waals surface area contributed by atoms with Crippen LogP contribution in [0, 0.1) is 12.8 Å². The summed E-state index contributed by atoms with van der Waals surface area (Å²) in [6.45, 7) is 1.98. The zero-order valence-electron chi connectivity index (χ0n) is 16.7. The van der Waals surface area contributed by atoms with E-state index in [9.17, 15) is 30.8 Å². The smallest absolute Gasteiger partial charge is 0.325 e. The number of anilines is 1. The van der Waals surface area contributed by atoms with E-state index in [1.165, 1.54) is 4.90 Å². The summed E-state index contributed by atoms with van der Waals surface area (Å²) in [5.74, 6) is -0.957. The highest BCUT2D eigenvalue weighted by Gasteiger charge is 2.42. The van der Waals surface area contributed by atoms with Crippen LogP contribution in [0.2, 0.25) is 0 Å². The summed E-state index contributed by atoms with van der Waals surface area (Å²) in [6, 6.07) is 3.22. The maximum atomic E-state index is 14.9. The van der Waals surface area contributed by atoms with Crippen molar-refractivity contribution in [3.8, 4) is 0 Å². The number of hydrogen-bond donors (Lipinski definition) is 1. The largest absolute Gasteiger partial charge is 0.435 e. The molecule has 2 aromatic rings. The average molecular weight is 463 g/mol. The number of nitrogens with one attached hydrogen (secondary N) is 1. The van der Waals surface area contributed by atoms with Crippen molar-refractivity contribution in [1.82, 2.24) is 19.7 Å². The number of carbonyl (C=O) groups is 1. The second-order valence-electron chi connectivity index (χ2n) is 7.33. The first kappa shape index (κ1) is 23.0. The second kappa shape index (κ2) is 8.44. The molecule has 1 aliphatic heterocycles. The summed E-state index contributed by atoms with van der Waals surface area (Å²) in [6.07, 6.45) is -3.21. The Bertz CT molecular complexity index is 1060. The summed E-state index contributed by atoms with van der Waals surface area (Å²) in [5, 5.41) is 5.00. The molecule has 0 spiro atoms. The van der Waals surface area contributed by atoms with Gasteiger partial charge in [-0.05, 0) is 31.9 Å². The molecule has 0 aliphatic carbocycles. The number of halogens is 4. The second-order valence-corrected chi connectivity index (χ2v) is 9.28. The van der Waals surface area contributed by atoms with Crippen molar-refractivity contribution in [2.45, 2.75) is 36.5 Å². The number of aromatic nitrogens is 3. The van der Waals surface area contributed by atoms with Crippen molar-refractivity contribution in [2.75, 3.05) is 18.4 Å². The van der Waals surface area contributed by atoms with E-state index in [2.05, 4.69) is 15.4 Å². The number of likely N-dealkylation sites (tertiary alicyclic amines) is 1. The predicted molar refractivity (Wildman–Crippen MR) is 103 cm³/mol. The van der Waals surface area contributed by atoms with Gasteiger partial charge in [0.25, 0.3) is 0 Å². The van der Waals surface area contributed by atoms with Gasteiger partial charge < -0.3 is 10.2 Å². The van der Waals surface area contributed by atoms with E-state index in [0.29, 0.717) is 22.1 Å². The SMILES string of the molecule is Cc1cc(NC(=O)N2CCC([C@H](F)S(=O)(=O)c3cc(C(F)(F)F)nn3C)CC2)ccn1. The first-order valence-electron chi connectivity index (χ1n) is 9.37. The summed E-state index contributed by atoms with van der Waals surface area (Å²) in [4.78, 5) is 17.8. The zero-order chi connectivity index (χ0) is 23.0. The number of carbonyl (C=O) groups excluding carboxylic acids is 1. The molecule has 170 valence electrons. The monoisotopic (exact) mass is 463 g/mol. The Morgan fingerprint density at radius 2 is 1.90 bits per heavy atom. The third-order valence-corrected chi connectivity index (χ3v) is 7.00. The van der Waals surface area contributed by atoms with Crippen molar-refractivity contribution in [3.63, 3.8) is 0 Å². The van der Waals surface area contributed by atoms with Crippen molar-refractivity contribution in [2.24, 2.45) is 13.0 Å². The fourth-order valence-corrected chi connectivity index (χ4v) is 5.11. The molecule has 1 aliphatic rings. The van der Waals surface area contributed by atoms with Gasteiger partial charge in [-0.3, -0.25) is 9.67 Å². The van der Waals surface area contributed by atoms with E-state index in [-0.39, 0.29) is 25.9 Å². The van der Waals surface area contributed by atoms with Gasteiger partial charge in [-0.25, -0.2) is 17.6 Å². The van der Waals surface area contributed by atoms with E-state index < -0.39 is 44.2 Å². The highest BCUT2D eigenvalue weighted by Crippen LogP contribution is 2.33. The molecule has 13 heteroatoms. The number of pyridine rings is 1. The lowest BCUT2D eigenvalue weighted by molar-refractivity contribution is -0.141. The Balaban J connectivity index is 1.65. The third kappa shape index (κ3) is 4.97. The van der Waals surface area contributed by atoms with Crippen molar-refractivity contribution >= 4 is 21.6 Å². The van der Waals surface area contributed by atoms with Crippen LogP contribution >= 0.6 is 0 Å². The molecular formula is C18H21F4N5O3S. The molecule has 1 N–H and O–H groups in total. The van der Waals surface area contributed by atoms with Crippen LogP contribution in [0.3, 0.4) is 0 Å². The van der Waals surface area contributed by atoms with Gasteiger partial charge in [0.1, 0.15) is 0 Å². The number of alkyl halides is 4. The van der Waals surface area contributed by atoms with Crippen molar-refractivity contribution in [3.05, 3.63) is 35.8 Å². The molecule has 8 nitrogen and oxygen atoms in total. The number of sulfone groups is 1. The summed E-state index contributed by atoms with van der Waals surface area (Å²) in [7, 11) is -3.68. The molecule has 3 heterocycles. The van der Waals surface area contributed by atoms with E-state index in [1.54, 1.807) is 25.3 Å². The molecule has 2 aromatic heterocycles. The number of rotatable bonds is 4. The van der Waals surface area contributed by atoms with E-state index >= 15 is 0 Å². The van der Waals surface area contributed by atoms with Crippen LogP contribution in [0.5, 0.6) is 0 Å². The molecule has 0 saturated carbocycles. The van der Waals surface area contributed by atoms with Gasteiger partial charge >= 0.3 is 12.2 Å². The Morgan fingerprint density at radius 3 is 2.45 bits per heavy atom. The van der Waals surface area contributed by atoms with Crippen LogP contribution in [0.1, 0.15) is 24.2 Å². The molecule has 31 heavy (non-hydrogen) atoms. The van der Waals surface area contributed by atoms with Crippen LogP contribution in [0.25, 0.3) is 0 Å². The molecule has 0 aromatic carbocycles. The number of amides is 2. The Hall–Kier alpha value is -2.70. The maximum Gasteiger partial charge on any atom is 0.435 e. The zero-order valence-corrected chi connectivity index (χ0v) is 17.5. The van der Waals surface area contributed by atoms with Crippen LogP contribution in [-0.2, 0) is 23.1 Å². The minimum Gasteiger partial charge on any atom is -0.325 e. The van der Waals surface area contributed by atoms with Gasteiger partial charge in [0.2, 0.25) is 15.3 Å². The molecule has 1 atom stereocenters. The highest BCUT2D eigenvalue weighted by molar-refractivity contribution is 7.91. The summed E-state index contributed by atoms with van der Waals surface area (Å²) in [5.41, 5.74) is -2.55. The van der Waals surface area contributed by atoms with E-state index in [0.717, 1.165) is 7.05 Å². The van der Waals surface area contributed by atoms with Crippen molar-refractivity contribution in [1.29, 1.82) is 0 Å². The lowest BCUT2D eigenvalue weighted by Crippen LogP contribution is -2.43. The standard InChI is InChI=1S/C18H21F4N5O3S/c1-11-9-13(3-6-23-11)24-17(28)27-7-4-12(5-8-27)16(19)31(29,30)15-10-14(18(20,21)22)25-26(15)2/h3,6,9-10,12,16H,4-5,7-8H2,1-2H3,(H,23,24,28)/t16-/m1/s1. The fraction of sp³-hybridized carbons (Fsp3) is 0.500. The highest BCUT2D eigenvalue weighted by atomic mass is 32.2. The average Bonchev–Trinajstić information content (AvgIpc) is 3.10. The first-order chi connectivity index (χ1) is 14.4. The fourth-order valence-electron chi connectivity index (χ4n) is 3.41. The third-order valence-electron chi connectivity index (χ3n) is 5.06. The molecule has 0 unspecified atom stereocenters. The maximum absolute atomic E-state index is 14.9. The quantitative estimate of drug-likeness (QED) is 0.703. The number of urea groups is 1. The Morgan fingerprint density at radius 1 is 1.26 bits per heavy atom. The number of aryl methyl sites for hydroxylation is 2. The van der Waals surface area contributed by atoms with Crippen molar-refractivity contribution < 1.29 is 30.8 Å². The van der Waals surface area contributed by atoms with Gasteiger partial charge in [-0.1, -0.05) is 0 Å². The normalized spacial score (nSPS) is 16.9. The van der Waals surface area contributed by atoms with E-state index in [4.69, 9.17) is 0 Å². The lowest BCUT2D eigenvalue weighted by atomic mass is 9.98. The molecule has 0 bridgehead atoms. The first-order valence-corrected chi connectivity index (χ1v) is 10.9. The Kier molecular flexibility index (Phi) is 6.25. The van der Waals surface area contributed by atoms with Crippen LogP contribution in [-0.4, -0.2) is 52.7 Å². The molecule has 0 radical (unpaired) electrons. The molecule has 1 saturated heterocycles. The van der Waals surface area contributed by atoms with Gasteiger partial charge in [0.15, 0.2) is 10.7 Å². The molecular weight excluding hydrogens is 442 g/mol. The van der Waals surface area contributed by atoms with Crippen LogP contribution in [0.15, 0.2) is 29.4 Å². The van der Waals surface area contributed by atoms with Gasteiger partial charge in [0.05, 0.1) is 0 Å².